The molecule has 1 N–H and O–H groups in total. The third kappa shape index (κ3) is 2.37. The summed E-state index contributed by atoms with van der Waals surface area (Å²) in [6.45, 7) is 0. The van der Waals surface area contributed by atoms with E-state index >= 15 is 0 Å². The van der Waals surface area contributed by atoms with Crippen molar-refractivity contribution in [2.45, 2.75) is 4.90 Å². The Bertz CT molecular complexity index is 710. The SMILES string of the molecule is COC(=O)c1ccccc1N(C)S(=O)(=O)c1cn[nH]c1. The van der Waals surface area contributed by atoms with E-state index in [-0.39, 0.29) is 16.1 Å². The second kappa shape index (κ2) is 5.33. The average molecular weight is 295 g/mol. The molecule has 1 aromatic carbocycles. The number of esters is 1. The maximum Gasteiger partial charge on any atom is 0.340 e. The van der Waals surface area contributed by atoms with Crippen LogP contribution in [0.15, 0.2) is 41.6 Å². The largest absolute Gasteiger partial charge is 0.465 e. The molecule has 0 unspecified atom stereocenters. The van der Waals surface area contributed by atoms with Crippen molar-refractivity contribution in [1.82, 2.24) is 10.2 Å². The molecule has 7 nitrogen and oxygen atoms in total. The summed E-state index contributed by atoms with van der Waals surface area (Å²) in [5.74, 6) is -0.602. The van der Waals surface area contributed by atoms with Gasteiger partial charge in [-0.1, -0.05) is 12.1 Å². The molecule has 0 spiro atoms. The van der Waals surface area contributed by atoms with Crippen LogP contribution in [0.4, 0.5) is 5.69 Å². The van der Waals surface area contributed by atoms with Gasteiger partial charge in [0.15, 0.2) is 0 Å². The van der Waals surface area contributed by atoms with Crippen LogP contribution in [0.3, 0.4) is 0 Å². The number of rotatable bonds is 4. The van der Waals surface area contributed by atoms with E-state index < -0.39 is 16.0 Å². The molecule has 8 heteroatoms. The third-order valence-electron chi connectivity index (χ3n) is 2.78. The van der Waals surface area contributed by atoms with Crippen LogP contribution < -0.4 is 4.31 Å². The van der Waals surface area contributed by atoms with Gasteiger partial charge in [-0.15, -0.1) is 0 Å². The van der Waals surface area contributed by atoms with Gasteiger partial charge in [-0.2, -0.15) is 5.10 Å². The van der Waals surface area contributed by atoms with E-state index in [1.54, 1.807) is 12.1 Å². The first-order chi connectivity index (χ1) is 9.48. The highest BCUT2D eigenvalue weighted by Crippen LogP contribution is 2.25. The van der Waals surface area contributed by atoms with Crippen molar-refractivity contribution in [3.63, 3.8) is 0 Å². The Morgan fingerprint density at radius 1 is 1.35 bits per heavy atom. The Morgan fingerprint density at radius 2 is 2.05 bits per heavy atom. The minimum atomic E-state index is -3.78. The highest BCUT2D eigenvalue weighted by atomic mass is 32.2. The molecule has 0 saturated heterocycles. The monoisotopic (exact) mass is 295 g/mol. The van der Waals surface area contributed by atoms with Gasteiger partial charge in [0, 0.05) is 13.2 Å². The molecular formula is C12H13N3O4S. The molecule has 0 radical (unpaired) electrons. The molecule has 1 aromatic heterocycles. The number of methoxy groups -OCH3 is 1. The summed E-state index contributed by atoms with van der Waals surface area (Å²) in [4.78, 5) is 11.7. The van der Waals surface area contributed by atoms with E-state index in [0.717, 1.165) is 4.31 Å². The van der Waals surface area contributed by atoms with Crippen LogP contribution in [0.1, 0.15) is 10.4 Å². The molecule has 0 aliphatic rings. The van der Waals surface area contributed by atoms with E-state index in [9.17, 15) is 13.2 Å². The van der Waals surface area contributed by atoms with Crippen molar-refractivity contribution in [1.29, 1.82) is 0 Å². The number of aromatic nitrogens is 2. The molecule has 0 fully saturated rings. The van der Waals surface area contributed by atoms with Gasteiger partial charge in [0.25, 0.3) is 10.0 Å². The normalized spacial score (nSPS) is 11.1. The molecular weight excluding hydrogens is 282 g/mol. The van der Waals surface area contributed by atoms with Gasteiger partial charge in [-0.05, 0) is 12.1 Å². The first kappa shape index (κ1) is 14.1. The number of hydrogen-bond donors (Lipinski definition) is 1. The average Bonchev–Trinajstić information content (AvgIpc) is 3.00. The van der Waals surface area contributed by atoms with E-state index in [1.165, 1.54) is 38.7 Å². The summed E-state index contributed by atoms with van der Waals surface area (Å²) in [5, 5.41) is 6.06. The maximum absolute atomic E-state index is 12.4. The highest BCUT2D eigenvalue weighted by Gasteiger charge is 2.25. The minimum Gasteiger partial charge on any atom is -0.465 e. The molecule has 0 amide bonds. The number of benzene rings is 1. The molecule has 0 aliphatic heterocycles. The molecule has 2 rings (SSSR count). The Hall–Kier alpha value is -2.35. The summed E-state index contributed by atoms with van der Waals surface area (Å²) >= 11 is 0. The standard InChI is InChI=1S/C12H13N3O4S/c1-15(20(17,18)9-7-13-14-8-9)11-6-4-3-5-10(11)12(16)19-2/h3-8H,1-2H3,(H,13,14). The lowest BCUT2D eigenvalue weighted by Crippen LogP contribution is -2.28. The van der Waals surface area contributed by atoms with E-state index in [1.807, 2.05) is 0 Å². The van der Waals surface area contributed by atoms with Crippen LogP contribution in [0.25, 0.3) is 0 Å². The molecule has 0 atom stereocenters. The van der Waals surface area contributed by atoms with Crippen molar-refractivity contribution in [3.05, 3.63) is 42.2 Å². The van der Waals surface area contributed by atoms with Gasteiger partial charge < -0.3 is 4.74 Å². The highest BCUT2D eigenvalue weighted by molar-refractivity contribution is 7.92. The van der Waals surface area contributed by atoms with Gasteiger partial charge in [-0.3, -0.25) is 9.40 Å². The zero-order valence-electron chi connectivity index (χ0n) is 10.9. The maximum atomic E-state index is 12.4. The van der Waals surface area contributed by atoms with Crippen LogP contribution in [-0.4, -0.2) is 38.7 Å². The number of nitrogens with zero attached hydrogens (tertiary/aromatic N) is 2. The number of aromatic amines is 1. The molecule has 1 heterocycles. The fraction of sp³-hybridized carbons (Fsp3) is 0.167. The summed E-state index contributed by atoms with van der Waals surface area (Å²) in [5.41, 5.74) is 0.408. The lowest BCUT2D eigenvalue weighted by Gasteiger charge is -2.20. The Kier molecular flexibility index (Phi) is 3.75. The summed E-state index contributed by atoms with van der Waals surface area (Å²) < 4.78 is 30.4. The first-order valence-corrected chi connectivity index (χ1v) is 7.07. The zero-order chi connectivity index (χ0) is 14.8. The van der Waals surface area contributed by atoms with E-state index in [4.69, 9.17) is 0 Å². The van der Waals surface area contributed by atoms with Gasteiger partial charge in [0.2, 0.25) is 0 Å². The van der Waals surface area contributed by atoms with Crippen LogP contribution in [-0.2, 0) is 14.8 Å². The number of hydrogen-bond acceptors (Lipinski definition) is 5. The summed E-state index contributed by atoms with van der Waals surface area (Å²) in [6, 6.07) is 6.31. The van der Waals surface area contributed by atoms with E-state index in [0.29, 0.717) is 0 Å². The van der Waals surface area contributed by atoms with Gasteiger partial charge in [0.05, 0.1) is 24.6 Å². The van der Waals surface area contributed by atoms with Crippen LogP contribution in [0.2, 0.25) is 0 Å². The third-order valence-corrected chi connectivity index (χ3v) is 4.52. The lowest BCUT2D eigenvalue weighted by atomic mass is 10.2. The predicted molar refractivity (Wildman–Crippen MR) is 72.0 cm³/mol. The number of anilines is 1. The quantitative estimate of drug-likeness (QED) is 0.850. The predicted octanol–water partition coefficient (Wildman–Crippen LogP) is 1.02. The smallest absolute Gasteiger partial charge is 0.340 e. The number of carbonyl (C=O) groups is 1. The van der Waals surface area contributed by atoms with Crippen molar-refractivity contribution < 1.29 is 17.9 Å². The number of ether oxygens (including phenoxy) is 1. The van der Waals surface area contributed by atoms with Crippen molar-refractivity contribution in [2.75, 3.05) is 18.5 Å². The van der Waals surface area contributed by atoms with Crippen molar-refractivity contribution in [3.8, 4) is 0 Å². The van der Waals surface area contributed by atoms with Gasteiger partial charge in [-0.25, -0.2) is 13.2 Å². The fourth-order valence-corrected chi connectivity index (χ4v) is 2.82. The lowest BCUT2D eigenvalue weighted by molar-refractivity contribution is 0.0601. The van der Waals surface area contributed by atoms with Crippen molar-refractivity contribution in [2.24, 2.45) is 0 Å². The molecule has 106 valence electrons. The van der Waals surface area contributed by atoms with E-state index in [2.05, 4.69) is 14.9 Å². The summed E-state index contributed by atoms with van der Waals surface area (Å²) in [6.07, 6.45) is 2.47. The number of sulfonamides is 1. The topological polar surface area (TPSA) is 92.4 Å². The number of para-hydroxylation sites is 1. The van der Waals surface area contributed by atoms with Crippen LogP contribution in [0, 0.1) is 0 Å². The molecule has 0 aliphatic carbocycles. The molecule has 2 aromatic rings. The Labute approximate surface area is 116 Å². The molecule has 0 saturated carbocycles. The van der Waals surface area contributed by atoms with Crippen LogP contribution >= 0.6 is 0 Å². The summed E-state index contributed by atoms with van der Waals surface area (Å²) in [7, 11) is -1.18. The molecule has 20 heavy (non-hydrogen) atoms. The second-order valence-electron chi connectivity index (χ2n) is 3.92. The number of carbonyl (C=O) groups excluding carboxylic acids is 1. The Morgan fingerprint density at radius 3 is 2.65 bits per heavy atom. The van der Waals surface area contributed by atoms with Crippen molar-refractivity contribution >= 4 is 21.7 Å². The van der Waals surface area contributed by atoms with Gasteiger partial charge in [0.1, 0.15) is 4.90 Å². The fourth-order valence-electron chi connectivity index (χ4n) is 1.70. The number of nitrogens with one attached hydrogen (secondary N) is 1. The van der Waals surface area contributed by atoms with Crippen LogP contribution in [0.5, 0.6) is 0 Å². The first-order valence-electron chi connectivity index (χ1n) is 5.63. The minimum absolute atomic E-state index is 0.0136. The second-order valence-corrected chi connectivity index (χ2v) is 5.88. The Balaban J connectivity index is 2.50. The molecule has 0 bridgehead atoms. The zero-order valence-corrected chi connectivity index (χ0v) is 11.7. The van der Waals surface area contributed by atoms with Gasteiger partial charge >= 0.3 is 5.97 Å². The number of H-pyrrole nitrogens is 1.